The number of phenolic OH excluding ortho intramolecular Hbond substituents is 1. The Balaban J connectivity index is 3.20. The van der Waals surface area contributed by atoms with Crippen molar-refractivity contribution in [1.29, 1.82) is 0 Å². The van der Waals surface area contributed by atoms with E-state index in [1.165, 1.54) is 0 Å². The van der Waals surface area contributed by atoms with Crippen molar-refractivity contribution in [2.24, 2.45) is 5.73 Å². The lowest BCUT2D eigenvalue weighted by atomic mass is 10.0. The van der Waals surface area contributed by atoms with Crippen LogP contribution in [0.3, 0.4) is 0 Å². The first-order chi connectivity index (χ1) is 6.06. The number of nitrogens with two attached hydrogens (primary N) is 1. The van der Waals surface area contributed by atoms with Gasteiger partial charge in [-0.25, -0.2) is 0 Å². The Bertz CT molecular complexity index is 310. The smallest absolute Gasteiger partial charge is 0.120 e. The minimum atomic E-state index is 0.286. The maximum absolute atomic E-state index is 9.56. The highest BCUT2D eigenvalue weighted by atomic mass is 79.9. The number of benzene rings is 1. The molecular formula is C10H14BrNO. The molecule has 0 aromatic heterocycles. The van der Waals surface area contributed by atoms with Crippen LogP contribution in [-0.2, 0) is 6.54 Å². The molecule has 0 fully saturated rings. The zero-order chi connectivity index (χ0) is 10.0. The highest BCUT2D eigenvalue weighted by Gasteiger charge is 2.08. The zero-order valence-electron chi connectivity index (χ0n) is 7.84. The molecule has 1 aromatic carbocycles. The fourth-order valence-electron chi connectivity index (χ4n) is 1.23. The van der Waals surface area contributed by atoms with E-state index in [0.717, 1.165) is 15.6 Å². The molecule has 13 heavy (non-hydrogen) atoms. The van der Waals surface area contributed by atoms with Crippen molar-refractivity contribution >= 4 is 15.9 Å². The monoisotopic (exact) mass is 243 g/mol. The molecule has 0 heterocycles. The molecule has 0 aliphatic carbocycles. The van der Waals surface area contributed by atoms with E-state index in [0.29, 0.717) is 12.5 Å². The average molecular weight is 244 g/mol. The Labute approximate surface area is 86.9 Å². The molecule has 0 amide bonds. The number of phenols is 1. The van der Waals surface area contributed by atoms with E-state index in [9.17, 15) is 5.11 Å². The van der Waals surface area contributed by atoms with Gasteiger partial charge in [-0.15, -0.1) is 0 Å². The van der Waals surface area contributed by atoms with Crippen molar-refractivity contribution in [2.45, 2.75) is 26.3 Å². The van der Waals surface area contributed by atoms with Crippen molar-refractivity contribution < 1.29 is 5.11 Å². The summed E-state index contributed by atoms with van der Waals surface area (Å²) in [6.45, 7) is 4.53. The van der Waals surface area contributed by atoms with Crippen LogP contribution in [0.2, 0.25) is 0 Å². The van der Waals surface area contributed by atoms with Crippen molar-refractivity contribution in [2.75, 3.05) is 0 Å². The van der Waals surface area contributed by atoms with Gasteiger partial charge in [0.2, 0.25) is 0 Å². The standard InChI is InChI=1S/C10H14BrNO/c1-6(2)8-4-10(13)7(5-12)3-9(8)11/h3-4,6,13H,5,12H2,1-2H3. The van der Waals surface area contributed by atoms with Crippen LogP contribution >= 0.6 is 15.9 Å². The molecule has 2 nitrogen and oxygen atoms in total. The number of hydrogen-bond donors (Lipinski definition) is 2. The van der Waals surface area contributed by atoms with Crippen LogP contribution in [0.4, 0.5) is 0 Å². The molecule has 0 atom stereocenters. The summed E-state index contributed by atoms with van der Waals surface area (Å²) in [5.74, 6) is 0.682. The van der Waals surface area contributed by atoms with E-state index in [1.807, 2.05) is 6.07 Å². The second-order valence-electron chi connectivity index (χ2n) is 3.36. The molecular weight excluding hydrogens is 230 g/mol. The number of rotatable bonds is 2. The fraction of sp³-hybridized carbons (Fsp3) is 0.400. The fourth-order valence-corrected chi connectivity index (χ4v) is 2.07. The van der Waals surface area contributed by atoms with Gasteiger partial charge in [-0.05, 0) is 23.6 Å². The molecule has 3 N–H and O–H groups in total. The van der Waals surface area contributed by atoms with Gasteiger partial charge in [0.1, 0.15) is 5.75 Å². The van der Waals surface area contributed by atoms with Crippen LogP contribution in [0, 0.1) is 0 Å². The van der Waals surface area contributed by atoms with E-state index < -0.39 is 0 Å². The summed E-state index contributed by atoms with van der Waals surface area (Å²) < 4.78 is 1.01. The molecule has 0 radical (unpaired) electrons. The van der Waals surface area contributed by atoms with Crippen LogP contribution < -0.4 is 5.73 Å². The molecule has 72 valence electrons. The van der Waals surface area contributed by atoms with Crippen LogP contribution in [0.25, 0.3) is 0 Å². The van der Waals surface area contributed by atoms with Gasteiger partial charge in [-0.3, -0.25) is 0 Å². The van der Waals surface area contributed by atoms with Crippen LogP contribution in [0.5, 0.6) is 5.75 Å². The molecule has 0 aliphatic heterocycles. The highest BCUT2D eigenvalue weighted by Crippen LogP contribution is 2.30. The zero-order valence-corrected chi connectivity index (χ0v) is 9.43. The van der Waals surface area contributed by atoms with E-state index in [2.05, 4.69) is 29.8 Å². The maximum atomic E-state index is 9.56. The largest absolute Gasteiger partial charge is 0.508 e. The van der Waals surface area contributed by atoms with E-state index in [1.54, 1.807) is 6.07 Å². The van der Waals surface area contributed by atoms with Gasteiger partial charge in [0.05, 0.1) is 0 Å². The number of hydrogen-bond acceptors (Lipinski definition) is 2. The lowest BCUT2D eigenvalue weighted by molar-refractivity contribution is 0.467. The summed E-state index contributed by atoms with van der Waals surface area (Å²) in [4.78, 5) is 0. The van der Waals surface area contributed by atoms with Gasteiger partial charge in [-0.1, -0.05) is 29.8 Å². The van der Waals surface area contributed by atoms with Gasteiger partial charge in [0.25, 0.3) is 0 Å². The molecule has 1 aromatic rings. The van der Waals surface area contributed by atoms with E-state index in [4.69, 9.17) is 5.73 Å². The van der Waals surface area contributed by atoms with Gasteiger partial charge in [0.15, 0.2) is 0 Å². The molecule has 0 spiro atoms. The number of halogens is 1. The molecule has 0 aliphatic rings. The highest BCUT2D eigenvalue weighted by molar-refractivity contribution is 9.10. The second-order valence-corrected chi connectivity index (χ2v) is 4.22. The third kappa shape index (κ3) is 2.23. The lowest BCUT2D eigenvalue weighted by Gasteiger charge is -2.11. The van der Waals surface area contributed by atoms with Gasteiger partial charge < -0.3 is 10.8 Å². The van der Waals surface area contributed by atoms with E-state index >= 15 is 0 Å². The molecule has 0 saturated heterocycles. The van der Waals surface area contributed by atoms with Crippen molar-refractivity contribution in [1.82, 2.24) is 0 Å². The van der Waals surface area contributed by atoms with Gasteiger partial charge in [0, 0.05) is 16.6 Å². The Morgan fingerprint density at radius 3 is 2.54 bits per heavy atom. The minimum absolute atomic E-state index is 0.286. The first-order valence-electron chi connectivity index (χ1n) is 4.27. The lowest BCUT2D eigenvalue weighted by Crippen LogP contribution is -1.99. The summed E-state index contributed by atoms with van der Waals surface area (Å²) >= 11 is 3.46. The normalized spacial score (nSPS) is 10.8. The summed E-state index contributed by atoms with van der Waals surface area (Å²) in [5.41, 5.74) is 7.35. The summed E-state index contributed by atoms with van der Waals surface area (Å²) in [5, 5.41) is 9.56. The summed E-state index contributed by atoms with van der Waals surface area (Å²) in [6, 6.07) is 3.65. The SMILES string of the molecule is CC(C)c1cc(O)c(CN)cc1Br. The van der Waals surface area contributed by atoms with Crippen molar-refractivity contribution in [3.8, 4) is 5.75 Å². The molecule has 0 unspecified atom stereocenters. The summed E-state index contributed by atoms with van der Waals surface area (Å²) in [7, 11) is 0. The molecule has 0 saturated carbocycles. The quantitative estimate of drug-likeness (QED) is 0.840. The third-order valence-corrected chi connectivity index (χ3v) is 2.73. The van der Waals surface area contributed by atoms with Crippen molar-refractivity contribution in [3.05, 3.63) is 27.7 Å². The summed E-state index contributed by atoms with van der Waals surface area (Å²) in [6.07, 6.45) is 0. The average Bonchev–Trinajstić information content (AvgIpc) is 2.07. The van der Waals surface area contributed by atoms with Crippen LogP contribution in [0.15, 0.2) is 16.6 Å². The topological polar surface area (TPSA) is 46.2 Å². The first kappa shape index (κ1) is 10.5. The Morgan fingerprint density at radius 2 is 2.08 bits per heavy atom. The predicted octanol–water partition coefficient (Wildman–Crippen LogP) is 2.74. The number of aromatic hydroxyl groups is 1. The Kier molecular flexibility index (Phi) is 3.33. The van der Waals surface area contributed by atoms with Gasteiger partial charge >= 0.3 is 0 Å². The molecule has 3 heteroatoms. The predicted molar refractivity (Wildman–Crippen MR) is 57.8 cm³/mol. The van der Waals surface area contributed by atoms with Crippen LogP contribution in [0.1, 0.15) is 30.9 Å². The molecule has 0 bridgehead atoms. The molecule has 1 rings (SSSR count). The third-order valence-electron chi connectivity index (χ3n) is 2.04. The Hall–Kier alpha value is -0.540. The second kappa shape index (κ2) is 4.11. The van der Waals surface area contributed by atoms with E-state index in [-0.39, 0.29) is 5.75 Å². The van der Waals surface area contributed by atoms with Gasteiger partial charge in [-0.2, -0.15) is 0 Å². The van der Waals surface area contributed by atoms with Crippen molar-refractivity contribution in [3.63, 3.8) is 0 Å². The first-order valence-corrected chi connectivity index (χ1v) is 5.07. The Morgan fingerprint density at radius 1 is 1.46 bits per heavy atom. The van der Waals surface area contributed by atoms with Crippen LogP contribution in [-0.4, -0.2) is 5.11 Å². The minimum Gasteiger partial charge on any atom is -0.508 e. The maximum Gasteiger partial charge on any atom is 0.120 e.